The number of rotatable bonds is 12. The maximum atomic E-state index is 14.3. The number of carbonyl (C=O) groups excluding carboxylic acids is 1. The first kappa shape index (κ1) is 31.0. The number of methoxy groups -OCH3 is 1. The van der Waals surface area contributed by atoms with Crippen LogP contribution in [0.5, 0.6) is 28.7 Å². The fourth-order valence-electron chi connectivity index (χ4n) is 3.65. The molecule has 0 unspecified atom stereocenters. The topological polar surface area (TPSA) is 104 Å². The minimum atomic E-state index is -0.809. The second-order valence-electron chi connectivity index (χ2n) is 8.32. The number of anilines is 1. The third-order valence-electron chi connectivity index (χ3n) is 5.63. The first-order chi connectivity index (χ1) is 19.9. The molecule has 0 aliphatic heterocycles. The molecule has 0 saturated heterocycles. The molecule has 41 heavy (non-hydrogen) atoms. The van der Waals surface area contributed by atoms with E-state index in [1.807, 2.05) is 7.05 Å². The van der Waals surface area contributed by atoms with Crippen LogP contribution in [0.1, 0.15) is 23.7 Å². The van der Waals surface area contributed by atoms with Gasteiger partial charge in [0.05, 0.1) is 25.8 Å². The Kier molecular flexibility index (Phi) is 11.5. The third kappa shape index (κ3) is 7.98. The second-order valence-corrected chi connectivity index (χ2v) is 8.32. The van der Waals surface area contributed by atoms with Crippen molar-refractivity contribution < 1.29 is 36.9 Å². The summed E-state index contributed by atoms with van der Waals surface area (Å²) in [5, 5.41) is 6.29. The molecule has 0 spiro atoms. The van der Waals surface area contributed by atoms with Crippen LogP contribution < -0.4 is 29.6 Å². The molecule has 0 saturated carbocycles. The second kappa shape index (κ2) is 15.3. The molecule has 218 valence electrons. The van der Waals surface area contributed by atoms with Crippen LogP contribution in [0.4, 0.5) is 18.9 Å². The smallest absolute Gasteiger partial charge is 0.227 e. The molecule has 2 aromatic carbocycles. The highest BCUT2D eigenvalue weighted by Crippen LogP contribution is 2.38. The standard InChI is InChI=1S/C21H23F2N3O3.C8H8FNO2/c1-24-6-4-8-28-20-12-17-14(11-19(20)27-3)18(5-7-26-17)29-21-15(22)9-13(25-2)10-16(21)23;1-2-12-7-3-4-10-8(9)6(7)5-11/h5,7,9-12,24-25H,4,6,8H2,1-3H3;3-5H,2H2,1H3. The highest BCUT2D eigenvalue weighted by Gasteiger charge is 2.17. The van der Waals surface area contributed by atoms with Crippen LogP contribution in [0.15, 0.2) is 48.8 Å². The fourth-order valence-corrected chi connectivity index (χ4v) is 3.65. The summed E-state index contributed by atoms with van der Waals surface area (Å²) >= 11 is 0. The van der Waals surface area contributed by atoms with E-state index in [2.05, 4.69) is 20.6 Å². The summed E-state index contributed by atoms with van der Waals surface area (Å²) < 4.78 is 63.2. The zero-order valence-electron chi connectivity index (χ0n) is 23.1. The van der Waals surface area contributed by atoms with Gasteiger partial charge in [-0.25, -0.2) is 13.8 Å². The van der Waals surface area contributed by atoms with Gasteiger partial charge in [0.2, 0.25) is 5.95 Å². The average Bonchev–Trinajstić information content (AvgIpc) is 2.97. The highest BCUT2D eigenvalue weighted by molar-refractivity contribution is 5.88. The Labute approximate surface area is 235 Å². The summed E-state index contributed by atoms with van der Waals surface area (Å²) in [6, 6.07) is 8.73. The summed E-state index contributed by atoms with van der Waals surface area (Å²) in [4.78, 5) is 18.0. The van der Waals surface area contributed by atoms with Crippen molar-refractivity contribution in [3.05, 3.63) is 71.9 Å². The van der Waals surface area contributed by atoms with Gasteiger partial charge in [-0.15, -0.1) is 0 Å². The van der Waals surface area contributed by atoms with Gasteiger partial charge in [0.25, 0.3) is 0 Å². The van der Waals surface area contributed by atoms with E-state index in [-0.39, 0.29) is 17.1 Å². The molecule has 4 rings (SSSR count). The van der Waals surface area contributed by atoms with Crippen molar-refractivity contribution >= 4 is 22.9 Å². The lowest BCUT2D eigenvalue weighted by Crippen LogP contribution is -2.11. The number of nitrogens with one attached hydrogen (secondary N) is 2. The molecule has 0 radical (unpaired) electrons. The molecule has 0 amide bonds. The number of hydrogen-bond acceptors (Lipinski definition) is 9. The van der Waals surface area contributed by atoms with Gasteiger partial charge in [0.15, 0.2) is 35.2 Å². The molecule has 0 fully saturated rings. The number of aldehydes is 1. The van der Waals surface area contributed by atoms with Gasteiger partial charge in [0.1, 0.15) is 17.1 Å². The Morgan fingerprint density at radius 3 is 2.24 bits per heavy atom. The van der Waals surface area contributed by atoms with Gasteiger partial charge in [0, 0.05) is 48.7 Å². The molecule has 2 heterocycles. The number of nitrogens with zero attached hydrogens (tertiary/aromatic N) is 2. The Morgan fingerprint density at radius 2 is 1.61 bits per heavy atom. The normalized spacial score (nSPS) is 10.4. The summed E-state index contributed by atoms with van der Waals surface area (Å²) in [5.74, 6) is -1.39. The van der Waals surface area contributed by atoms with Crippen LogP contribution in [0.3, 0.4) is 0 Å². The Morgan fingerprint density at radius 1 is 0.902 bits per heavy atom. The molecular formula is C29H31F3N4O5. The number of benzene rings is 2. The van der Waals surface area contributed by atoms with E-state index < -0.39 is 23.3 Å². The van der Waals surface area contributed by atoms with Gasteiger partial charge in [-0.1, -0.05) is 0 Å². The molecule has 0 atom stereocenters. The van der Waals surface area contributed by atoms with E-state index >= 15 is 0 Å². The maximum absolute atomic E-state index is 14.3. The van der Waals surface area contributed by atoms with Crippen molar-refractivity contribution in [2.75, 3.05) is 46.3 Å². The zero-order chi connectivity index (χ0) is 29.8. The van der Waals surface area contributed by atoms with E-state index in [9.17, 15) is 18.0 Å². The van der Waals surface area contributed by atoms with Crippen molar-refractivity contribution in [2.45, 2.75) is 13.3 Å². The van der Waals surface area contributed by atoms with Crippen molar-refractivity contribution in [1.29, 1.82) is 0 Å². The number of hydrogen-bond donors (Lipinski definition) is 2. The monoisotopic (exact) mass is 572 g/mol. The summed E-state index contributed by atoms with van der Waals surface area (Å²) in [5.41, 5.74) is 0.743. The fraction of sp³-hybridized carbons (Fsp3) is 0.276. The minimum Gasteiger partial charge on any atom is -0.493 e. The molecule has 2 aromatic heterocycles. The lowest BCUT2D eigenvalue weighted by Gasteiger charge is -2.14. The Bertz CT molecular complexity index is 1450. The van der Waals surface area contributed by atoms with Crippen LogP contribution in [0.25, 0.3) is 10.9 Å². The quantitative estimate of drug-likeness (QED) is 0.124. The third-order valence-corrected chi connectivity index (χ3v) is 5.63. The van der Waals surface area contributed by atoms with Gasteiger partial charge in [-0.3, -0.25) is 9.78 Å². The number of fused-ring (bicyclic) bond motifs is 1. The van der Waals surface area contributed by atoms with Gasteiger partial charge in [-0.05, 0) is 45.1 Å². The largest absolute Gasteiger partial charge is 0.493 e. The molecule has 2 N–H and O–H groups in total. The molecule has 0 aliphatic rings. The predicted octanol–water partition coefficient (Wildman–Crippen LogP) is 5.78. The summed E-state index contributed by atoms with van der Waals surface area (Å²) in [6.07, 6.45) is 3.99. The van der Waals surface area contributed by atoms with Crippen LogP contribution in [-0.4, -0.2) is 57.2 Å². The van der Waals surface area contributed by atoms with E-state index in [0.29, 0.717) is 47.6 Å². The number of carbonyl (C=O) groups is 1. The van der Waals surface area contributed by atoms with Crippen LogP contribution in [0, 0.1) is 17.6 Å². The lowest BCUT2D eigenvalue weighted by molar-refractivity contribution is 0.111. The van der Waals surface area contributed by atoms with Crippen molar-refractivity contribution in [3.63, 3.8) is 0 Å². The average molecular weight is 573 g/mol. The van der Waals surface area contributed by atoms with E-state index in [4.69, 9.17) is 18.9 Å². The highest BCUT2D eigenvalue weighted by atomic mass is 19.1. The number of aromatic nitrogens is 2. The van der Waals surface area contributed by atoms with Crippen LogP contribution in [0.2, 0.25) is 0 Å². The first-order valence-corrected chi connectivity index (χ1v) is 12.7. The molecule has 4 aromatic rings. The molecule has 0 bridgehead atoms. The molecule has 9 nitrogen and oxygen atoms in total. The summed E-state index contributed by atoms with van der Waals surface area (Å²) in [6.45, 7) is 3.49. The number of pyridine rings is 2. The Balaban J connectivity index is 0.000000322. The predicted molar refractivity (Wildman–Crippen MR) is 149 cm³/mol. The number of ether oxygens (including phenoxy) is 4. The van der Waals surface area contributed by atoms with Crippen molar-refractivity contribution in [2.24, 2.45) is 0 Å². The zero-order valence-corrected chi connectivity index (χ0v) is 23.1. The van der Waals surface area contributed by atoms with Gasteiger partial charge < -0.3 is 29.6 Å². The Hall–Kier alpha value is -4.58. The van der Waals surface area contributed by atoms with Crippen LogP contribution in [-0.2, 0) is 0 Å². The SMILES string of the molecule is CCOc1ccnc(F)c1C=O.CNCCCOc1cc2nccc(Oc3c(F)cc(NC)cc3F)c2cc1OC. The maximum Gasteiger partial charge on any atom is 0.227 e. The number of halogens is 3. The van der Waals surface area contributed by atoms with Crippen LogP contribution >= 0.6 is 0 Å². The molecule has 0 aliphatic carbocycles. The molecular weight excluding hydrogens is 541 g/mol. The lowest BCUT2D eigenvalue weighted by atomic mass is 10.1. The summed E-state index contributed by atoms with van der Waals surface area (Å²) in [7, 11) is 4.98. The van der Waals surface area contributed by atoms with E-state index in [1.165, 1.54) is 37.7 Å². The van der Waals surface area contributed by atoms with Crippen molar-refractivity contribution in [3.8, 4) is 28.7 Å². The van der Waals surface area contributed by atoms with Gasteiger partial charge in [-0.2, -0.15) is 4.39 Å². The minimum absolute atomic E-state index is 0.126. The van der Waals surface area contributed by atoms with E-state index in [1.54, 1.807) is 32.2 Å². The first-order valence-electron chi connectivity index (χ1n) is 12.7. The van der Waals surface area contributed by atoms with Gasteiger partial charge >= 0.3 is 0 Å². The van der Waals surface area contributed by atoms with Crippen molar-refractivity contribution in [1.82, 2.24) is 15.3 Å². The van der Waals surface area contributed by atoms with E-state index in [0.717, 1.165) is 13.0 Å². The molecule has 12 heteroatoms.